The molecule has 4 nitrogen and oxygen atoms in total. The fourth-order valence-corrected chi connectivity index (χ4v) is 3.42. The van der Waals surface area contributed by atoms with Gasteiger partial charge in [0.1, 0.15) is 5.75 Å². The lowest BCUT2D eigenvalue weighted by atomic mass is 10.2. The van der Waals surface area contributed by atoms with E-state index in [2.05, 4.69) is 27.2 Å². The lowest BCUT2D eigenvalue weighted by Gasteiger charge is -2.23. The van der Waals surface area contributed by atoms with Crippen LogP contribution in [0.1, 0.15) is 5.56 Å². The van der Waals surface area contributed by atoms with Crippen molar-refractivity contribution in [3.05, 3.63) is 83.4 Å². The summed E-state index contributed by atoms with van der Waals surface area (Å²) in [6.07, 6.45) is 0. The maximum absolute atomic E-state index is 6.22. The molecule has 0 spiro atoms. The highest BCUT2D eigenvalue weighted by Crippen LogP contribution is 2.40. The highest BCUT2D eigenvalue weighted by molar-refractivity contribution is 7.98. The van der Waals surface area contributed by atoms with E-state index in [9.17, 15) is 0 Å². The molecule has 0 aromatic heterocycles. The van der Waals surface area contributed by atoms with Gasteiger partial charge in [0, 0.05) is 0 Å². The first-order chi connectivity index (χ1) is 12.8. The van der Waals surface area contributed by atoms with Crippen molar-refractivity contribution in [2.45, 2.75) is 11.4 Å². The SMILES string of the molecule is Clc1ccccc1Oc1cccc2c1NC(=NCc1ccccc1)NS2. The maximum atomic E-state index is 6.22. The van der Waals surface area contributed by atoms with E-state index in [4.69, 9.17) is 16.3 Å². The number of rotatable bonds is 4. The smallest absolute Gasteiger partial charge is 0.206 e. The molecule has 4 rings (SSSR count). The molecule has 0 aliphatic carbocycles. The van der Waals surface area contributed by atoms with Crippen molar-refractivity contribution in [2.24, 2.45) is 4.99 Å². The third-order valence-corrected chi connectivity index (χ3v) is 4.98. The lowest BCUT2D eigenvalue weighted by molar-refractivity contribution is 0.484. The number of anilines is 1. The molecule has 0 saturated carbocycles. The second-order valence-corrected chi connectivity index (χ2v) is 6.90. The van der Waals surface area contributed by atoms with Crippen molar-refractivity contribution in [3.63, 3.8) is 0 Å². The second kappa shape index (κ2) is 7.72. The van der Waals surface area contributed by atoms with Crippen LogP contribution in [-0.4, -0.2) is 5.96 Å². The number of fused-ring (bicyclic) bond motifs is 1. The van der Waals surface area contributed by atoms with Gasteiger partial charge in [-0.1, -0.05) is 60.1 Å². The highest BCUT2D eigenvalue weighted by Gasteiger charge is 2.18. The van der Waals surface area contributed by atoms with Gasteiger partial charge in [0.25, 0.3) is 0 Å². The van der Waals surface area contributed by atoms with Gasteiger partial charge < -0.3 is 10.1 Å². The summed E-state index contributed by atoms with van der Waals surface area (Å²) in [5, 5.41) is 3.90. The molecule has 0 atom stereocenters. The number of ether oxygens (including phenoxy) is 1. The molecule has 2 N–H and O–H groups in total. The minimum atomic E-state index is 0.574. The van der Waals surface area contributed by atoms with E-state index in [0.29, 0.717) is 29.0 Å². The predicted molar refractivity (Wildman–Crippen MR) is 108 cm³/mol. The molecule has 1 aliphatic heterocycles. The molecule has 3 aromatic rings. The molecule has 3 aromatic carbocycles. The number of aliphatic imine (C=N–C) groups is 1. The number of guanidine groups is 1. The van der Waals surface area contributed by atoms with Crippen LogP contribution in [0.4, 0.5) is 5.69 Å². The summed E-state index contributed by atoms with van der Waals surface area (Å²) < 4.78 is 9.25. The van der Waals surface area contributed by atoms with E-state index in [-0.39, 0.29) is 0 Å². The molecule has 0 unspecified atom stereocenters. The Morgan fingerprint density at radius 3 is 2.50 bits per heavy atom. The van der Waals surface area contributed by atoms with Gasteiger partial charge in [0.15, 0.2) is 5.75 Å². The number of para-hydroxylation sites is 2. The molecular formula is C20H16ClN3OS. The monoisotopic (exact) mass is 381 g/mol. The van der Waals surface area contributed by atoms with Gasteiger partial charge >= 0.3 is 0 Å². The van der Waals surface area contributed by atoms with Crippen LogP contribution in [0.15, 0.2) is 82.7 Å². The zero-order chi connectivity index (χ0) is 17.8. The van der Waals surface area contributed by atoms with Crippen molar-refractivity contribution in [1.82, 2.24) is 4.72 Å². The van der Waals surface area contributed by atoms with Gasteiger partial charge in [-0.2, -0.15) is 0 Å². The maximum Gasteiger partial charge on any atom is 0.206 e. The molecule has 0 bridgehead atoms. The summed E-state index contributed by atoms with van der Waals surface area (Å²) >= 11 is 7.72. The molecule has 0 fully saturated rings. The summed E-state index contributed by atoms with van der Waals surface area (Å²) in [7, 11) is 0. The van der Waals surface area contributed by atoms with Crippen LogP contribution >= 0.6 is 23.5 Å². The Labute approximate surface area is 161 Å². The number of hydrogen-bond donors (Lipinski definition) is 2. The fraction of sp³-hybridized carbons (Fsp3) is 0.0500. The van der Waals surface area contributed by atoms with Crippen LogP contribution in [0.25, 0.3) is 0 Å². The molecule has 1 heterocycles. The third kappa shape index (κ3) is 3.79. The first kappa shape index (κ1) is 16.8. The van der Waals surface area contributed by atoms with Crippen molar-refractivity contribution >= 4 is 35.2 Å². The molecule has 1 aliphatic rings. The lowest BCUT2D eigenvalue weighted by Crippen LogP contribution is -2.29. The minimum Gasteiger partial charge on any atom is -0.454 e. The van der Waals surface area contributed by atoms with Gasteiger partial charge in [0.2, 0.25) is 5.96 Å². The van der Waals surface area contributed by atoms with Crippen molar-refractivity contribution in [1.29, 1.82) is 0 Å². The first-order valence-electron chi connectivity index (χ1n) is 8.13. The Morgan fingerprint density at radius 2 is 1.65 bits per heavy atom. The van der Waals surface area contributed by atoms with Crippen LogP contribution in [0.3, 0.4) is 0 Å². The standard InChI is InChI=1S/C20H16ClN3OS/c21-15-9-4-5-10-16(15)25-17-11-6-12-18-19(17)23-20(24-26-18)22-13-14-7-2-1-3-8-14/h1-12H,13H2,(H2,22,23,24). The largest absolute Gasteiger partial charge is 0.454 e. The topological polar surface area (TPSA) is 45.6 Å². The predicted octanol–water partition coefficient (Wildman–Crippen LogP) is 5.71. The van der Waals surface area contributed by atoms with E-state index in [0.717, 1.165) is 16.1 Å². The molecule has 6 heteroatoms. The molecule has 0 radical (unpaired) electrons. The quantitative estimate of drug-likeness (QED) is 0.568. The van der Waals surface area contributed by atoms with Gasteiger partial charge in [-0.3, -0.25) is 4.72 Å². The van der Waals surface area contributed by atoms with Gasteiger partial charge in [-0.15, -0.1) is 0 Å². The Balaban J connectivity index is 1.57. The number of nitrogens with zero attached hydrogens (tertiary/aromatic N) is 1. The van der Waals surface area contributed by atoms with E-state index in [1.807, 2.05) is 60.7 Å². The highest BCUT2D eigenvalue weighted by atomic mass is 35.5. The third-order valence-electron chi connectivity index (χ3n) is 3.81. The number of nitrogens with one attached hydrogen (secondary N) is 2. The number of halogens is 1. The average molecular weight is 382 g/mol. The summed E-state index contributed by atoms with van der Waals surface area (Å²) in [5.74, 6) is 2.02. The molecule has 26 heavy (non-hydrogen) atoms. The number of hydrogen-bond acceptors (Lipinski definition) is 3. The van der Waals surface area contributed by atoms with Crippen LogP contribution < -0.4 is 14.8 Å². The molecule has 130 valence electrons. The van der Waals surface area contributed by atoms with E-state index >= 15 is 0 Å². The number of benzene rings is 3. The average Bonchev–Trinajstić information content (AvgIpc) is 2.69. The summed E-state index contributed by atoms with van der Waals surface area (Å²) in [6, 6.07) is 23.4. The molecule has 0 amide bonds. The fourth-order valence-electron chi connectivity index (χ4n) is 2.52. The van der Waals surface area contributed by atoms with E-state index in [1.165, 1.54) is 11.9 Å². The van der Waals surface area contributed by atoms with Crippen molar-refractivity contribution in [3.8, 4) is 11.5 Å². The van der Waals surface area contributed by atoms with E-state index in [1.54, 1.807) is 0 Å². The van der Waals surface area contributed by atoms with Crippen molar-refractivity contribution in [2.75, 3.05) is 5.32 Å². The normalized spacial score (nSPS) is 14.3. The minimum absolute atomic E-state index is 0.574. The molecule has 0 saturated heterocycles. The van der Waals surface area contributed by atoms with Gasteiger partial charge in [-0.25, -0.2) is 4.99 Å². The zero-order valence-electron chi connectivity index (χ0n) is 13.8. The van der Waals surface area contributed by atoms with Crippen LogP contribution in [0.2, 0.25) is 5.02 Å². The van der Waals surface area contributed by atoms with Crippen LogP contribution in [-0.2, 0) is 6.54 Å². The summed E-state index contributed by atoms with van der Waals surface area (Å²) in [5.41, 5.74) is 2.03. The Morgan fingerprint density at radius 1 is 0.885 bits per heavy atom. The van der Waals surface area contributed by atoms with Gasteiger partial charge in [-0.05, 0) is 41.8 Å². The van der Waals surface area contributed by atoms with Crippen molar-refractivity contribution < 1.29 is 4.74 Å². The summed E-state index contributed by atoms with van der Waals surface area (Å²) in [4.78, 5) is 5.65. The second-order valence-electron chi connectivity index (χ2n) is 5.64. The van der Waals surface area contributed by atoms with Crippen LogP contribution in [0, 0.1) is 0 Å². The van der Waals surface area contributed by atoms with Gasteiger partial charge in [0.05, 0.1) is 22.2 Å². The first-order valence-corrected chi connectivity index (χ1v) is 9.33. The zero-order valence-corrected chi connectivity index (χ0v) is 15.3. The Kier molecular flexibility index (Phi) is 5.00. The molecular weight excluding hydrogens is 366 g/mol. The summed E-state index contributed by atoms with van der Waals surface area (Å²) in [6.45, 7) is 0.597. The van der Waals surface area contributed by atoms with Crippen LogP contribution in [0.5, 0.6) is 11.5 Å². The Hall–Kier alpha value is -2.63. The van der Waals surface area contributed by atoms with E-state index < -0.39 is 0 Å². The Bertz CT molecular complexity index is 947.